The van der Waals surface area contributed by atoms with Crippen molar-refractivity contribution in [2.45, 2.75) is 6.42 Å². The van der Waals surface area contributed by atoms with E-state index < -0.39 is 5.82 Å². The molecule has 0 unspecified atom stereocenters. The number of carbonyl (C=O) groups is 1. The van der Waals surface area contributed by atoms with Crippen molar-refractivity contribution in [2.75, 3.05) is 13.2 Å². The first-order valence-electron chi connectivity index (χ1n) is 6.26. The third-order valence-electron chi connectivity index (χ3n) is 2.64. The number of hydrogen-bond acceptors (Lipinski definition) is 4. The van der Waals surface area contributed by atoms with Crippen molar-refractivity contribution in [1.29, 1.82) is 0 Å². The van der Waals surface area contributed by atoms with E-state index in [0.29, 0.717) is 13.0 Å². The fourth-order valence-electron chi connectivity index (χ4n) is 1.65. The summed E-state index contributed by atoms with van der Waals surface area (Å²) < 4.78 is 13.7. The van der Waals surface area contributed by atoms with Gasteiger partial charge in [-0.25, -0.2) is 9.37 Å². The van der Waals surface area contributed by atoms with Crippen LogP contribution in [0.2, 0.25) is 0 Å². The Labute approximate surface area is 125 Å². The number of amides is 1. The molecule has 1 heterocycles. The summed E-state index contributed by atoms with van der Waals surface area (Å²) in [5.41, 5.74) is 0.393. The van der Waals surface area contributed by atoms with Gasteiger partial charge in [0, 0.05) is 30.1 Å². The number of benzene rings is 1. The minimum absolute atomic E-state index is 0.156. The van der Waals surface area contributed by atoms with E-state index in [0.717, 1.165) is 11.1 Å². The molecule has 21 heavy (non-hydrogen) atoms. The van der Waals surface area contributed by atoms with Gasteiger partial charge < -0.3 is 10.4 Å². The molecule has 2 aromatic rings. The smallest absolute Gasteiger partial charge is 0.251 e. The van der Waals surface area contributed by atoms with Crippen LogP contribution < -0.4 is 5.32 Å². The molecule has 0 saturated carbocycles. The van der Waals surface area contributed by atoms with Crippen LogP contribution in [-0.4, -0.2) is 29.1 Å². The Bertz CT molecular complexity index is 675. The van der Waals surface area contributed by atoms with Crippen molar-refractivity contribution in [3.05, 3.63) is 51.7 Å². The van der Waals surface area contributed by atoms with Crippen LogP contribution in [0.5, 0.6) is 0 Å². The molecule has 0 radical (unpaired) electrons. The molecule has 2 rings (SSSR count). The zero-order valence-corrected chi connectivity index (χ0v) is 11.9. The van der Waals surface area contributed by atoms with E-state index in [1.807, 2.05) is 5.38 Å². The molecule has 0 aliphatic carbocycles. The molecule has 0 saturated heterocycles. The second-order valence-corrected chi connectivity index (χ2v) is 5.07. The van der Waals surface area contributed by atoms with E-state index in [2.05, 4.69) is 22.1 Å². The number of aliphatic hydroxyl groups excluding tert-OH is 1. The number of rotatable bonds is 4. The predicted molar refractivity (Wildman–Crippen MR) is 78.5 cm³/mol. The van der Waals surface area contributed by atoms with Gasteiger partial charge in [-0.05, 0) is 18.2 Å². The van der Waals surface area contributed by atoms with Crippen molar-refractivity contribution in [3.63, 3.8) is 0 Å². The summed E-state index contributed by atoms with van der Waals surface area (Å²) in [4.78, 5) is 16.0. The van der Waals surface area contributed by atoms with E-state index >= 15 is 0 Å². The van der Waals surface area contributed by atoms with Crippen molar-refractivity contribution in [1.82, 2.24) is 10.3 Å². The van der Waals surface area contributed by atoms with Gasteiger partial charge in [-0.3, -0.25) is 4.79 Å². The van der Waals surface area contributed by atoms with Crippen LogP contribution in [-0.2, 0) is 6.42 Å². The van der Waals surface area contributed by atoms with Gasteiger partial charge in [-0.15, -0.1) is 11.3 Å². The van der Waals surface area contributed by atoms with Crippen molar-refractivity contribution in [3.8, 4) is 11.8 Å². The van der Waals surface area contributed by atoms with Gasteiger partial charge in [0.05, 0.1) is 10.6 Å². The highest BCUT2D eigenvalue weighted by Crippen LogP contribution is 2.10. The fraction of sp³-hybridized carbons (Fsp3) is 0.200. The average Bonchev–Trinajstić information content (AvgIpc) is 2.99. The molecule has 0 atom stereocenters. The number of halogens is 1. The van der Waals surface area contributed by atoms with Gasteiger partial charge in [0.15, 0.2) is 0 Å². The van der Waals surface area contributed by atoms with E-state index in [1.165, 1.54) is 23.5 Å². The van der Waals surface area contributed by atoms with E-state index in [-0.39, 0.29) is 23.6 Å². The summed E-state index contributed by atoms with van der Waals surface area (Å²) >= 11 is 1.52. The van der Waals surface area contributed by atoms with Gasteiger partial charge in [0.1, 0.15) is 12.4 Å². The molecule has 2 N–H and O–H groups in total. The van der Waals surface area contributed by atoms with Gasteiger partial charge >= 0.3 is 0 Å². The van der Waals surface area contributed by atoms with Crippen LogP contribution in [0.4, 0.5) is 4.39 Å². The molecule has 108 valence electrons. The van der Waals surface area contributed by atoms with Crippen LogP contribution in [0.25, 0.3) is 0 Å². The monoisotopic (exact) mass is 304 g/mol. The Morgan fingerprint density at radius 3 is 3.00 bits per heavy atom. The molecule has 1 aromatic heterocycles. The maximum Gasteiger partial charge on any atom is 0.251 e. The molecule has 0 spiro atoms. The van der Waals surface area contributed by atoms with Gasteiger partial charge in [0.25, 0.3) is 5.91 Å². The zero-order valence-electron chi connectivity index (χ0n) is 11.1. The summed E-state index contributed by atoms with van der Waals surface area (Å²) in [5.74, 6) is 3.92. The number of carbonyl (C=O) groups excluding carboxylic acids is 1. The first-order valence-corrected chi connectivity index (χ1v) is 7.14. The largest absolute Gasteiger partial charge is 0.384 e. The SMILES string of the molecule is O=C(NCCc1nccs1)c1ccc(C#CCO)c(F)c1. The molecule has 1 amide bonds. The number of hydrogen-bond donors (Lipinski definition) is 2. The molecular formula is C15H13FN2O2S. The number of thiazole rings is 1. The normalized spacial score (nSPS) is 9.81. The Kier molecular flexibility index (Phi) is 5.43. The summed E-state index contributed by atoms with van der Waals surface area (Å²) in [6.45, 7) is 0.110. The first kappa shape index (κ1) is 15.2. The maximum atomic E-state index is 13.7. The Balaban J connectivity index is 1.94. The number of nitrogens with zero attached hydrogens (tertiary/aromatic N) is 1. The van der Waals surface area contributed by atoms with Crippen LogP contribution >= 0.6 is 11.3 Å². The molecule has 6 heteroatoms. The van der Waals surface area contributed by atoms with E-state index in [1.54, 1.807) is 6.20 Å². The van der Waals surface area contributed by atoms with Crippen LogP contribution in [0.3, 0.4) is 0 Å². The molecular weight excluding hydrogens is 291 g/mol. The zero-order chi connectivity index (χ0) is 15.1. The number of nitrogens with one attached hydrogen (secondary N) is 1. The van der Waals surface area contributed by atoms with Crippen LogP contribution in [0.1, 0.15) is 20.9 Å². The highest BCUT2D eigenvalue weighted by molar-refractivity contribution is 7.09. The molecule has 0 bridgehead atoms. The van der Waals surface area contributed by atoms with Crippen molar-refractivity contribution in [2.24, 2.45) is 0 Å². The van der Waals surface area contributed by atoms with Crippen molar-refractivity contribution >= 4 is 17.2 Å². The third-order valence-corrected chi connectivity index (χ3v) is 3.48. The van der Waals surface area contributed by atoms with Gasteiger partial charge in [-0.1, -0.05) is 11.8 Å². The standard InChI is InChI=1S/C15H13FN2O2S/c16-13-10-12(4-3-11(13)2-1-8-19)15(20)18-6-5-14-17-7-9-21-14/h3-4,7,9-10,19H,5-6,8H2,(H,18,20). The lowest BCUT2D eigenvalue weighted by Gasteiger charge is -2.05. The van der Waals surface area contributed by atoms with Crippen LogP contribution in [0, 0.1) is 17.7 Å². The summed E-state index contributed by atoms with van der Waals surface area (Å²) in [7, 11) is 0. The van der Waals surface area contributed by atoms with Crippen LogP contribution in [0.15, 0.2) is 29.8 Å². The van der Waals surface area contributed by atoms with Crippen molar-refractivity contribution < 1.29 is 14.3 Å². The predicted octanol–water partition coefficient (Wildman–Crippen LogP) is 1.60. The summed E-state index contributed by atoms with van der Waals surface area (Å²) in [6, 6.07) is 4.07. The summed E-state index contributed by atoms with van der Waals surface area (Å²) in [5, 5.41) is 14.1. The maximum absolute atomic E-state index is 13.7. The summed E-state index contributed by atoms with van der Waals surface area (Å²) in [6.07, 6.45) is 2.36. The van der Waals surface area contributed by atoms with Gasteiger partial charge in [0.2, 0.25) is 0 Å². The fourth-order valence-corrected chi connectivity index (χ4v) is 2.27. The quantitative estimate of drug-likeness (QED) is 0.843. The molecule has 1 aromatic carbocycles. The lowest BCUT2D eigenvalue weighted by Crippen LogP contribution is -2.25. The van der Waals surface area contributed by atoms with E-state index in [4.69, 9.17) is 5.11 Å². The molecule has 0 aliphatic rings. The highest BCUT2D eigenvalue weighted by atomic mass is 32.1. The van der Waals surface area contributed by atoms with E-state index in [9.17, 15) is 9.18 Å². The molecule has 0 fully saturated rings. The number of aliphatic hydroxyl groups is 1. The van der Waals surface area contributed by atoms with Gasteiger partial charge in [-0.2, -0.15) is 0 Å². The lowest BCUT2D eigenvalue weighted by molar-refractivity contribution is 0.0953. The lowest BCUT2D eigenvalue weighted by atomic mass is 10.1. The molecule has 4 nitrogen and oxygen atoms in total. The second kappa shape index (κ2) is 7.53. The number of aromatic nitrogens is 1. The second-order valence-electron chi connectivity index (χ2n) is 4.09. The Hall–Kier alpha value is -2.23. The highest BCUT2D eigenvalue weighted by Gasteiger charge is 2.08. The minimum atomic E-state index is -0.580. The topological polar surface area (TPSA) is 62.2 Å². The third kappa shape index (κ3) is 4.38. The minimum Gasteiger partial charge on any atom is -0.384 e. The average molecular weight is 304 g/mol. The Morgan fingerprint density at radius 2 is 2.33 bits per heavy atom. The Morgan fingerprint density at radius 1 is 1.48 bits per heavy atom. The molecule has 0 aliphatic heterocycles. The first-order chi connectivity index (χ1) is 10.2.